The molecular weight excluding hydrogens is 180 g/mol. The number of rotatable bonds is 1. The zero-order valence-electron chi connectivity index (χ0n) is 6.31. The molecule has 2 rings (SSSR count). The summed E-state index contributed by atoms with van der Waals surface area (Å²) in [6.07, 6.45) is 2.54. The highest BCUT2D eigenvalue weighted by molar-refractivity contribution is 8.03. The van der Waals surface area contributed by atoms with Gasteiger partial charge in [-0.1, -0.05) is 0 Å². The van der Waals surface area contributed by atoms with Crippen molar-refractivity contribution in [2.24, 2.45) is 0 Å². The zero-order valence-corrected chi connectivity index (χ0v) is 7.88. The summed E-state index contributed by atoms with van der Waals surface area (Å²) < 4.78 is 5.54. The Morgan fingerprint density at radius 1 is 1.55 bits per heavy atom. The molecule has 1 unspecified atom stereocenters. The molecule has 0 saturated heterocycles. The highest BCUT2D eigenvalue weighted by Crippen LogP contribution is 2.39. The Morgan fingerprint density at radius 3 is 3.27 bits per heavy atom. The lowest BCUT2D eigenvalue weighted by Crippen LogP contribution is -2.22. The van der Waals surface area contributed by atoms with Crippen LogP contribution >= 0.6 is 23.4 Å². The van der Waals surface area contributed by atoms with Crippen molar-refractivity contribution in [1.82, 2.24) is 0 Å². The molecule has 0 bridgehead atoms. The van der Waals surface area contributed by atoms with Crippen LogP contribution in [0.2, 0.25) is 0 Å². The second-order valence-corrected chi connectivity index (χ2v) is 4.31. The van der Waals surface area contributed by atoms with Gasteiger partial charge in [0.1, 0.15) is 0 Å². The third-order valence-corrected chi connectivity index (χ3v) is 3.69. The van der Waals surface area contributed by atoms with E-state index in [0.717, 1.165) is 13.0 Å². The molecule has 0 N–H and O–H groups in total. The average Bonchev–Trinajstić information content (AvgIpc) is 2.50. The predicted octanol–water partition coefficient (Wildman–Crippen LogP) is 2.41. The summed E-state index contributed by atoms with van der Waals surface area (Å²) in [5, 5.41) is 0. The van der Waals surface area contributed by atoms with Crippen LogP contribution in [0, 0.1) is 0 Å². The van der Waals surface area contributed by atoms with Crippen molar-refractivity contribution in [3.63, 3.8) is 0 Å². The highest BCUT2D eigenvalue weighted by Gasteiger charge is 2.26. The quantitative estimate of drug-likeness (QED) is 0.588. The number of halogens is 1. The minimum absolute atomic E-state index is 0.232. The Hall–Kier alpha value is 0.340. The third kappa shape index (κ3) is 1.44. The minimum Gasteiger partial charge on any atom is -0.372 e. The van der Waals surface area contributed by atoms with Gasteiger partial charge in [-0.25, -0.2) is 0 Å². The normalized spacial score (nSPS) is 30.8. The molecule has 62 valence electrons. The maximum atomic E-state index is 5.78. The molecule has 2 heterocycles. The van der Waals surface area contributed by atoms with Crippen LogP contribution in [0.15, 0.2) is 10.5 Å². The second-order valence-electron chi connectivity index (χ2n) is 2.81. The Morgan fingerprint density at radius 2 is 2.45 bits per heavy atom. The molecule has 0 aliphatic carbocycles. The van der Waals surface area contributed by atoms with Gasteiger partial charge < -0.3 is 4.74 Å². The number of hydrogen-bond donors (Lipinski definition) is 0. The van der Waals surface area contributed by atoms with Gasteiger partial charge in [-0.05, 0) is 16.9 Å². The summed E-state index contributed by atoms with van der Waals surface area (Å²) in [5.41, 5.74) is 1.48. The van der Waals surface area contributed by atoms with Crippen LogP contribution in [-0.2, 0) is 4.74 Å². The van der Waals surface area contributed by atoms with Gasteiger partial charge in [0.25, 0.3) is 0 Å². The molecule has 1 nitrogen and oxygen atoms in total. The van der Waals surface area contributed by atoms with Crippen molar-refractivity contribution >= 4 is 23.4 Å². The van der Waals surface area contributed by atoms with E-state index in [0.29, 0.717) is 5.88 Å². The zero-order chi connectivity index (χ0) is 7.68. The molecule has 0 spiro atoms. The topological polar surface area (TPSA) is 9.23 Å². The monoisotopic (exact) mass is 190 g/mol. The van der Waals surface area contributed by atoms with E-state index >= 15 is 0 Å². The van der Waals surface area contributed by atoms with Crippen LogP contribution in [-0.4, -0.2) is 24.3 Å². The van der Waals surface area contributed by atoms with Crippen molar-refractivity contribution in [1.29, 1.82) is 0 Å². The van der Waals surface area contributed by atoms with Gasteiger partial charge in [0.05, 0.1) is 18.6 Å². The lowest BCUT2D eigenvalue weighted by Gasteiger charge is -2.22. The Bertz CT molecular complexity index is 191. The van der Waals surface area contributed by atoms with E-state index in [2.05, 4.69) is 0 Å². The average molecular weight is 191 g/mol. The molecule has 0 amide bonds. The maximum absolute atomic E-state index is 5.78. The van der Waals surface area contributed by atoms with Crippen molar-refractivity contribution in [3.05, 3.63) is 10.5 Å². The number of hydrogen-bond acceptors (Lipinski definition) is 2. The van der Waals surface area contributed by atoms with Gasteiger partial charge in [-0.2, -0.15) is 0 Å². The molecule has 11 heavy (non-hydrogen) atoms. The van der Waals surface area contributed by atoms with Gasteiger partial charge in [-0.3, -0.25) is 0 Å². The molecule has 0 aromatic rings. The van der Waals surface area contributed by atoms with Crippen molar-refractivity contribution < 1.29 is 4.74 Å². The van der Waals surface area contributed by atoms with Gasteiger partial charge >= 0.3 is 0 Å². The van der Waals surface area contributed by atoms with Crippen LogP contribution in [0.5, 0.6) is 0 Å². The largest absolute Gasteiger partial charge is 0.372 e. The number of thioether (sulfide) groups is 1. The fourth-order valence-corrected chi connectivity index (χ4v) is 3.11. The molecule has 0 aromatic carbocycles. The summed E-state index contributed by atoms with van der Waals surface area (Å²) in [5.74, 6) is 1.86. The second kappa shape index (κ2) is 3.38. The van der Waals surface area contributed by atoms with Gasteiger partial charge in [0.15, 0.2) is 0 Å². The van der Waals surface area contributed by atoms with Crippen molar-refractivity contribution in [3.8, 4) is 0 Å². The summed E-state index contributed by atoms with van der Waals surface area (Å²) in [4.78, 5) is 1.56. The van der Waals surface area contributed by atoms with E-state index < -0.39 is 0 Å². The van der Waals surface area contributed by atoms with E-state index in [4.69, 9.17) is 16.3 Å². The molecule has 2 aliphatic rings. The molecule has 2 aliphatic heterocycles. The molecular formula is C8H11ClOS. The fourth-order valence-electron chi connectivity index (χ4n) is 1.62. The smallest absolute Gasteiger partial charge is 0.0931 e. The minimum atomic E-state index is 0.232. The molecule has 0 fully saturated rings. The van der Waals surface area contributed by atoms with Crippen LogP contribution in [0.1, 0.15) is 12.8 Å². The van der Waals surface area contributed by atoms with E-state index in [1.54, 1.807) is 4.91 Å². The maximum Gasteiger partial charge on any atom is 0.0931 e. The lowest BCUT2D eigenvalue weighted by molar-refractivity contribution is 0.0832. The fraction of sp³-hybridized carbons (Fsp3) is 0.750. The standard InChI is InChI=1S/C8H11ClOS/c9-5-7-6-2-4-11-8(6)1-3-10-7/h7H,1-5H2. The van der Waals surface area contributed by atoms with Crippen LogP contribution < -0.4 is 0 Å². The molecule has 0 saturated carbocycles. The van der Waals surface area contributed by atoms with Crippen molar-refractivity contribution in [2.45, 2.75) is 18.9 Å². The first-order chi connectivity index (χ1) is 5.42. The van der Waals surface area contributed by atoms with Crippen LogP contribution in [0.3, 0.4) is 0 Å². The van der Waals surface area contributed by atoms with E-state index in [1.807, 2.05) is 11.8 Å². The first-order valence-electron chi connectivity index (χ1n) is 3.94. The molecule has 0 radical (unpaired) electrons. The lowest BCUT2D eigenvalue weighted by atomic mass is 10.1. The first kappa shape index (κ1) is 7.96. The van der Waals surface area contributed by atoms with E-state index in [-0.39, 0.29) is 6.10 Å². The predicted molar refractivity (Wildman–Crippen MR) is 49.2 cm³/mol. The summed E-state index contributed by atoms with van der Waals surface area (Å²) in [7, 11) is 0. The third-order valence-electron chi connectivity index (χ3n) is 2.18. The first-order valence-corrected chi connectivity index (χ1v) is 5.46. The van der Waals surface area contributed by atoms with Gasteiger partial charge in [0.2, 0.25) is 0 Å². The molecule has 3 heteroatoms. The number of ether oxygens (including phenoxy) is 1. The van der Waals surface area contributed by atoms with Crippen molar-refractivity contribution in [2.75, 3.05) is 18.2 Å². The van der Waals surface area contributed by atoms with E-state index in [1.165, 1.54) is 17.7 Å². The Balaban J connectivity index is 2.17. The molecule has 0 aromatic heterocycles. The van der Waals surface area contributed by atoms with E-state index in [9.17, 15) is 0 Å². The Labute approximate surface area is 76.1 Å². The Kier molecular flexibility index (Phi) is 2.45. The van der Waals surface area contributed by atoms with Gasteiger partial charge in [-0.15, -0.1) is 23.4 Å². The molecule has 1 atom stereocenters. The van der Waals surface area contributed by atoms with Gasteiger partial charge in [0, 0.05) is 12.2 Å². The van der Waals surface area contributed by atoms with Crippen LogP contribution in [0.4, 0.5) is 0 Å². The number of alkyl halides is 1. The van der Waals surface area contributed by atoms with Crippen LogP contribution in [0.25, 0.3) is 0 Å². The SMILES string of the molecule is ClCC1OCCC2=C1CCS2. The summed E-state index contributed by atoms with van der Waals surface area (Å²) >= 11 is 7.76. The highest BCUT2D eigenvalue weighted by atomic mass is 35.5. The summed E-state index contributed by atoms with van der Waals surface area (Å²) in [6, 6.07) is 0. The summed E-state index contributed by atoms with van der Waals surface area (Å²) in [6.45, 7) is 0.864.